The van der Waals surface area contributed by atoms with Crippen LogP contribution in [0, 0.1) is 5.82 Å². The van der Waals surface area contributed by atoms with Crippen molar-refractivity contribution in [1.82, 2.24) is 5.32 Å². The molecule has 1 aliphatic rings. The number of ether oxygens (including phenoxy) is 3. The lowest BCUT2D eigenvalue weighted by atomic mass is 10.0. The van der Waals surface area contributed by atoms with Crippen LogP contribution in [0.4, 0.5) is 4.39 Å². The van der Waals surface area contributed by atoms with E-state index in [0.717, 1.165) is 11.6 Å². The number of carboxylic acid groups (broad SMARTS) is 1. The fourth-order valence-electron chi connectivity index (χ4n) is 2.91. The number of benzene rings is 2. The molecule has 0 aliphatic carbocycles. The van der Waals surface area contributed by atoms with Crippen molar-refractivity contribution in [2.45, 2.75) is 12.5 Å². The average Bonchev–Trinajstić information content (AvgIpc) is 3.13. The maximum atomic E-state index is 14.3. The standard InChI is InChI=1S/C19H18FNO6/c1-25-15-8-12(13(20)9-16(15)26-2)18(22)21-17(19(23)24)11-3-4-14-10(7-11)5-6-27-14/h3-4,7-9,17H,5-6H2,1-2H3,(H,21,22)(H,23,24). The molecule has 2 aromatic rings. The van der Waals surface area contributed by atoms with E-state index in [-0.39, 0.29) is 17.1 Å². The number of rotatable bonds is 6. The molecule has 1 aliphatic heterocycles. The summed E-state index contributed by atoms with van der Waals surface area (Å²) < 4.78 is 29.7. The lowest BCUT2D eigenvalue weighted by Gasteiger charge is -2.17. The minimum absolute atomic E-state index is 0.125. The monoisotopic (exact) mass is 375 g/mol. The summed E-state index contributed by atoms with van der Waals surface area (Å²) in [5.41, 5.74) is 0.898. The molecule has 2 N–H and O–H groups in total. The van der Waals surface area contributed by atoms with Crippen molar-refractivity contribution >= 4 is 11.9 Å². The summed E-state index contributed by atoms with van der Waals surface area (Å²) in [6.45, 7) is 0.528. The SMILES string of the molecule is COc1cc(F)c(C(=O)NC(C(=O)O)c2ccc3c(c2)CCO3)cc1OC. The molecular weight excluding hydrogens is 357 g/mol. The van der Waals surface area contributed by atoms with E-state index in [1.54, 1.807) is 18.2 Å². The Kier molecular flexibility index (Phi) is 5.16. The number of nitrogens with one attached hydrogen (secondary N) is 1. The fourth-order valence-corrected chi connectivity index (χ4v) is 2.91. The topological polar surface area (TPSA) is 94.1 Å². The summed E-state index contributed by atoms with van der Waals surface area (Å²) in [6.07, 6.45) is 0.660. The van der Waals surface area contributed by atoms with E-state index < -0.39 is 23.7 Å². The number of halogens is 1. The van der Waals surface area contributed by atoms with Crippen molar-refractivity contribution < 1.29 is 33.3 Å². The summed E-state index contributed by atoms with van der Waals surface area (Å²) in [5, 5.41) is 11.9. The van der Waals surface area contributed by atoms with Crippen LogP contribution < -0.4 is 19.5 Å². The van der Waals surface area contributed by atoms with Gasteiger partial charge in [0.15, 0.2) is 17.5 Å². The van der Waals surface area contributed by atoms with Gasteiger partial charge in [-0.2, -0.15) is 0 Å². The molecule has 2 aromatic carbocycles. The van der Waals surface area contributed by atoms with Crippen LogP contribution in [0.25, 0.3) is 0 Å². The minimum atomic E-state index is -1.34. The van der Waals surface area contributed by atoms with E-state index in [0.29, 0.717) is 24.3 Å². The molecular formula is C19H18FNO6. The lowest BCUT2D eigenvalue weighted by Crippen LogP contribution is -2.34. The van der Waals surface area contributed by atoms with Crippen LogP contribution in [0.1, 0.15) is 27.5 Å². The molecule has 0 radical (unpaired) electrons. The highest BCUT2D eigenvalue weighted by Gasteiger charge is 2.26. The lowest BCUT2D eigenvalue weighted by molar-refractivity contribution is -0.139. The number of methoxy groups -OCH3 is 2. The van der Waals surface area contributed by atoms with E-state index >= 15 is 0 Å². The molecule has 0 saturated carbocycles. The first kappa shape index (κ1) is 18.5. The van der Waals surface area contributed by atoms with Crippen LogP contribution in [0.15, 0.2) is 30.3 Å². The van der Waals surface area contributed by atoms with Gasteiger partial charge in [0.05, 0.1) is 26.4 Å². The molecule has 142 valence electrons. The van der Waals surface area contributed by atoms with Gasteiger partial charge in [-0.25, -0.2) is 9.18 Å². The van der Waals surface area contributed by atoms with Crippen molar-refractivity contribution in [3.63, 3.8) is 0 Å². The van der Waals surface area contributed by atoms with Crippen molar-refractivity contribution in [2.24, 2.45) is 0 Å². The molecule has 1 amide bonds. The Labute approximate surface area is 154 Å². The molecule has 7 nitrogen and oxygen atoms in total. The molecule has 0 aromatic heterocycles. The smallest absolute Gasteiger partial charge is 0.330 e. The first-order valence-corrected chi connectivity index (χ1v) is 8.15. The second kappa shape index (κ2) is 7.53. The van der Waals surface area contributed by atoms with Gasteiger partial charge >= 0.3 is 5.97 Å². The number of aliphatic carboxylic acids is 1. The Morgan fingerprint density at radius 3 is 2.56 bits per heavy atom. The van der Waals surface area contributed by atoms with Crippen LogP contribution in [-0.2, 0) is 11.2 Å². The Bertz CT molecular complexity index is 898. The van der Waals surface area contributed by atoms with Gasteiger partial charge < -0.3 is 24.6 Å². The van der Waals surface area contributed by atoms with Gasteiger partial charge in [-0.15, -0.1) is 0 Å². The average molecular weight is 375 g/mol. The minimum Gasteiger partial charge on any atom is -0.493 e. The summed E-state index contributed by atoms with van der Waals surface area (Å²) in [4.78, 5) is 24.2. The van der Waals surface area contributed by atoms with Crippen molar-refractivity contribution in [1.29, 1.82) is 0 Å². The Balaban J connectivity index is 1.89. The van der Waals surface area contributed by atoms with Gasteiger partial charge in [0.1, 0.15) is 11.6 Å². The van der Waals surface area contributed by atoms with Gasteiger partial charge in [0, 0.05) is 12.5 Å². The van der Waals surface area contributed by atoms with Crippen LogP contribution in [-0.4, -0.2) is 37.8 Å². The fraction of sp³-hybridized carbons (Fsp3) is 0.263. The molecule has 8 heteroatoms. The van der Waals surface area contributed by atoms with Crippen LogP contribution in [0.2, 0.25) is 0 Å². The highest BCUT2D eigenvalue weighted by molar-refractivity contribution is 5.97. The molecule has 0 fully saturated rings. The predicted octanol–water partition coefficient (Wildman–Crippen LogP) is 2.33. The Morgan fingerprint density at radius 1 is 1.19 bits per heavy atom. The highest BCUT2D eigenvalue weighted by Crippen LogP contribution is 2.31. The molecule has 0 bridgehead atoms. The molecule has 27 heavy (non-hydrogen) atoms. The van der Waals surface area contributed by atoms with Gasteiger partial charge in [-0.3, -0.25) is 4.79 Å². The van der Waals surface area contributed by atoms with Gasteiger partial charge in [-0.05, 0) is 29.3 Å². The van der Waals surface area contributed by atoms with Crippen molar-refractivity contribution in [2.75, 3.05) is 20.8 Å². The van der Waals surface area contributed by atoms with E-state index in [1.807, 2.05) is 0 Å². The molecule has 0 saturated heterocycles. The summed E-state index contributed by atoms with van der Waals surface area (Å²) in [6, 6.07) is 5.74. The van der Waals surface area contributed by atoms with Crippen LogP contribution in [0.3, 0.4) is 0 Å². The Hall–Kier alpha value is -3.29. The van der Waals surface area contributed by atoms with E-state index in [4.69, 9.17) is 14.2 Å². The second-order valence-electron chi connectivity index (χ2n) is 5.90. The summed E-state index contributed by atoms with van der Waals surface area (Å²) >= 11 is 0. The largest absolute Gasteiger partial charge is 0.493 e. The predicted molar refractivity (Wildman–Crippen MR) is 93.0 cm³/mol. The normalized spacial score (nSPS) is 13.3. The third-order valence-electron chi connectivity index (χ3n) is 4.29. The first-order valence-electron chi connectivity index (χ1n) is 8.15. The summed E-state index contributed by atoms with van der Waals surface area (Å²) in [7, 11) is 2.69. The zero-order chi connectivity index (χ0) is 19.6. The molecule has 1 heterocycles. The zero-order valence-electron chi connectivity index (χ0n) is 14.7. The number of hydrogen-bond donors (Lipinski definition) is 2. The van der Waals surface area contributed by atoms with Crippen LogP contribution >= 0.6 is 0 Å². The number of fused-ring (bicyclic) bond motifs is 1. The van der Waals surface area contributed by atoms with E-state index in [9.17, 15) is 19.1 Å². The number of hydrogen-bond acceptors (Lipinski definition) is 5. The molecule has 3 rings (SSSR count). The van der Waals surface area contributed by atoms with E-state index in [2.05, 4.69) is 5.32 Å². The quantitative estimate of drug-likeness (QED) is 0.805. The third kappa shape index (κ3) is 3.64. The zero-order valence-corrected chi connectivity index (χ0v) is 14.7. The Morgan fingerprint density at radius 2 is 1.89 bits per heavy atom. The van der Waals surface area contributed by atoms with Crippen LogP contribution in [0.5, 0.6) is 17.2 Å². The highest BCUT2D eigenvalue weighted by atomic mass is 19.1. The molecule has 1 atom stereocenters. The molecule has 0 spiro atoms. The van der Waals surface area contributed by atoms with Crippen molar-refractivity contribution in [3.8, 4) is 17.2 Å². The van der Waals surface area contributed by atoms with E-state index in [1.165, 1.54) is 20.3 Å². The second-order valence-corrected chi connectivity index (χ2v) is 5.90. The summed E-state index contributed by atoms with van der Waals surface area (Å²) in [5.74, 6) is -2.01. The maximum Gasteiger partial charge on any atom is 0.330 e. The number of carbonyl (C=O) groups excluding carboxylic acids is 1. The number of carboxylic acids is 1. The maximum absolute atomic E-state index is 14.3. The van der Waals surface area contributed by atoms with Gasteiger partial charge in [-0.1, -0.05) is 6.07 Å². The molecule has 1 unspecified atom stereocenters. The van der Waals surface area contributed by atoms with Gasteiger partial charge in [0.2, 0.25) is 0 Å². The van der Waals surface area contributed by atoms with Gasteiger partial charge in [0.25, 0.3) is 5.91 Å². The number of amides is 1. The number of carbonyl (C=O) groups is 2. The third-order valence-corrected chi connectivity index (χ3v) is 4.29. The first-order chi connectivity index (χ1) is 12.9. The van der Waals surface area contributed by atoms with Crippen molar-refractivity contribution in [3.05, 3.63) is 52.8 Å².